The molecular weight excluding hydrogens is 326 g/mol. The fourth-order valence-corrected chi connectivity index (χ4v) is 4.47. The number of imidazole rings is 1. The van der Waals surface area contributed by atoms with E-state index in [-0.39, 0.29) is 5.92 Å². The van der Waals surface area contributed by atoms with E-state index in [1.54, 1.807) is 0 Å². The maximum absolute atomic E-state index is 12.7. The molecule has 0 unspecified atom stereocenters. The molecule has 1 aliphatic carbocycles. The summed E-state index contributed by atoms with van der Waals surface area (Å²) in [4.78, 5) is 27.2. The third-order valence-electron chi connectivity index (χ3n) is 6.42. The van der Waals surface area contributed by atoms with Crippen molar-refractivity contribution in [3.05, 3.63) is 30.5 Å². The highest BCUT2D eigenvalue weighted by Gasteiger charge is 2.34. The van der Waals surface area contributed by atoms with Gasteiger partial charge < -0.3 is 9.88 Å². The number of nitrogens with zero attached hydrogens (tertiary/aromatic N) is 4. The smallest absolute Gasteiger partial charge is 0.222 e. The molecule has 2 aliphatic rings. The van der Waals surface area contributed by atoms with Gasteiger partial charge in [-0.2, -0.15) is 0 Å². The summed E-state index contributed by atoms with van der Waals surface area (Å²) in [5, 5.41) is 0. The lowest BCUT2D eigenvalue weighted by Crippen LogP contribution is -2.43. The zero-order chi connectivity index (χ0) is 17.7. The van der Waals surface area contributed by atoms with E-state index in [2.05, 4.69) is 26.2 Å². The van der Waals surface area contributed by atoms with Crippen LogP contribution in [-0.4, -0.2) is 43.2 Å². The first-order chi connectivity index (χ1) is 12.7. The average molecular weight is 351 g/mol. The number of carbonyl (C=O) groups excluding carboxylic acids is 1. The maximum atomic E-state index is 12.7. The normalized spacial score (nSPS) is 24.3. The van der Waals surface area contributed by atoms with Crippen molar-refractivity contribution in [1.82, 2.24) is 24.3 Å². The molecule has 3 aromatic rings. The zero-order valence-corrected chi connectivity index (χ0v) is 15.2. The number of fused-ring (bicyclic) bond motifs is 3. The van der Waals surface area contributed by atoms with E-state index in [9.17, 15) is 4.79 Å². The highest BCUT2D eigenvalue weighted by atomic mass is 16.2. The fraction of sp³-hybridized carbons (Fsp3) is 0.550. The molecule has 136 valence electrons. The summed E-state index contributed by atoms with van der Waals surface area (Å²) in [6.45, 7) is 3.95. The molecule has 1 saturated heterocycles. The van der Waals surface area contributed by atoms with E-state index >= 15 is 0 Å². The van der Waals surface area contributed by atoms with Crippen molar-refractivity contribution in [2.75, 3.05) is 13.1 Å². The molecule has 1 aliphatic heterocycles. The van der Waals surface area contributed by atoms with Gasteiger partial charge in [0.2, 0.25) is 5.91 Å². The number of nitrogens with one attached hydrogen (secondary N) is 1. The molecule has 26 heavy (non-hydrogen) atoms. The number of piperidine rings is 1. The van der Waals surface area contributed by atoms with Crippen LogP contribution < -0.4 is 0 Å². The van der Waals surface area contributed by atoms with Crippen LogP contribution in [0.1, 0.15) is 50.8 Å². The van der Waals surface area contributed by atoms with Crippen LogP contribution in [0.2, 0.25) is 0 Å². The van der Waals surface area contributed by atoms with Crippen LogP contribution in [0.15, 0.2) is 24.7 Å². The topological polar surface area (TPSA) is 66.3 Å². The summed E-state index contributed by atoms with van der Waals surface area (Å²) in [7, 11) is 0. The monoisotopic (exact) mass is 351 g/mol. The molecule has 0 bridgehead atoms. The first-order valence-electron chi connectivity index (χ1n) is 9.78. The van der Waals surface area contributed by atoms with Gasteiger partial charge in [-0.3, -0.25) is 9.20 Å². The Balaban J connectivity index is 1.47. The summed E-state index contributed by atoms with van der Waals surface area (Å²) in [6.07, 6.45) is 11.2. The largest absolute Gasteiger partial charge is 0.345 e. The lowest BCUT2D eigenvalue weighted by atomic mass is 9.81. The Morgan fingerprint density at radius 3 is 2.92 bits per heavy atom. The summed E-state index contributed by atoms with van der Waals surface area (Å²) in [6, 6.07) is 2.05. The maximum Gasteiger partial charge on any atom is 0.222 e. The molecule has 0 radical (unpaired) electrons. The van der Waals surface area contributed by atoms with Crippen molar-refractivity contribution in [2.24, 2.45) is 11.8 Å². The third-order valence-corrected chi connectivity index (χ3v) is 6.42. The minimum absolute atomic E-state index is 0.261. The van der Waals surface area contributed by atoms with Crippen molar-refractivity contribution in [3.63, 3.8) is 0 Å². The SMILES string of the molecule is C[C@@H]1CCN(C(=O)CC2CCC2)C[C@@H]1c1ncc2cnc3[nH]ccc3n12. The Labute approximate surface area is 152 Å². The zero-order valence-electron chi connectivity index (χ0n) is 15.2. The number of aromatic amines is 1. The lowest BCUT2D eigenvalue weighted by Gasteiger charge is -2.38. The Bertz CT molecular complexity index is 954. The molecule has 1 N–H and O–H groups in total. The van der Waals surface area contributed by atoms with Gasteiger partial charge >= 0.3 is 0 Å². The van der Waals surface area contributed by atoms with Crippen LogP contribution in [-0.2, 0) is 4.79 Å². The fourth-order valence-electron chi connectivity index (χ4n) is 4.47. The molecule has 2 atom stereocenters. The molecule has 5 rings (SSSR count). The first kappa shape index (κ1) is 15.9. The summed E-state index contributed by atoms with van der Waals surface area (Å²) < 4.78 is 2.21. The highest BCUT2D eigenvalue weighted by Crippen LogP contribution is 2.35. The quantitative estimate of drug-likeness (QED) is 0.787. The van der Waals surface area contributed by atoms with Crippen LogP contribution in [0.4, 0.5) is 0 Å². The van der Waals surface area contributed by atoms with E-state index in [0.29, 0.717) is 17.7 Å². The second-order valence-electron chi connectivity index (χ2n) is 8.06. The Hall–Kier alpha value is -2.37. The average Bonchev–Trinajstić information content (AvgIpc) is 3.24. The van der Waals surface area contributed by atoms with E-state index in [4.69, 9.17) is 4.98 Å². The molecule has 0 spiro atoms. The molecule has 4 heterocycles. The molecule has 0 aromatic carbocycles. The second-order valence-corrected chi connectivity index (χ2v) is 8.06. The van der Waals surface area contributed by atoms with E-state index in [1.807, 2.05) is 24.7 Å². The van der Waals surface area contributed by atoms with Crippen LogP contribution >= 0.6 is 0 Å². The number of H-pyrrole nitrogens is 1. The number of likely N-dealkylation sites (tertiary alicyclic amines) is 1. The Morgan fingerprint density at radius 2 is 2.12 bits per heavy atom. The summed E-state index contributed by atoms with van der Waals surface area (Å²) in [5.41, 5.74) is 2.94. The molecule has 1 amide bonds. The number of aromatic nitrogens is 4. The molecular formula is C20H25N5O. The van der Waals surface area contributed by atoms with Gasteiger partial charge in [0.25, 0.3) is 0 Å². The Morgan fingerprint density at radius 1 is 1.27 bits per heavy atom. The van der Waals surface area contributed by atoms with E-state index < -0.39 is 0 Å². The van der Waals surface area contributed by atoms with Gasteiger partial charge in [-0.05, 0) is 37.2 Å². The van der Waals surface area contributed by atoms with Crippen LogP contribution in [0.25, 0.3) is 16.7 Å². The predicted molar refractivity (Wildman–Crippen MR) is 99.9 cm³/mol. The van der Waals surface area contributed by atoms with Crippen molar-refractivity contribution in [3.8, 4) is 0 Å². The highest BCUT2D eigenvalue weighted by molar-refractivity contribution is 5.77. The number of hydrogen-bond acceptors (Lipinski definition) is 3. The van der Waals surface area contributed by atoms with Crippen molar-refractivity contribution in [2.45, 2.75) is 44.9 Å². The lowest BCUT2D eigenvalue weighted by molar-refractivity contribution is -0.134. The van der Waals surface area contributed by atoms with Gasteiger partial charge in [0.1, 0.15) is 5.82 Å². The molecule has 2 fully saturated rings. The molecule has 6 nitrogen and oxygen atoms in total. The van der Waals surface area contributed by atoms with Crippen LogP contribution in [0.5, 0.6) is 0 Å². The van der Waals surface area contributed by atoms with Crippen molar-refractivity contribution >= 4 is 22.6 Å². The number of amides is 1. The van der Waals surface area contributed by atoms with Crippen LogP contribution in [0, 0.1) is 11.8 Å². The van der Waals surface area contributed by atoms with Gasteiger partial charge in [0.15, 0.2) is 5.65 Å². The second kappa shape index (κ2) is 6.11. The van der Waals surface area contributed by atoms with Crippen molar-refractivity contribution < 1.29 is 4.79 Å². The standard InChI is InChI=1S/C20H25N5O/c1-13-6-8-24(18(26)9-14-3-2-4-14)12-16(13)20-23-11-15-10-22-19-17(25(15)20)5-7-21-19/h5,7,10-11,13-14,16,21H,2-4,6,8-9,12H2,1H3/t13-,16+/m1/s1. The van der Waals surface area contributed by atoms with Gasteiger partial charge in [0.05, 0.1) is 23.4 Å². The van der Waals surface area contributed by atoms with Gasteiger partial charge in [-0.25, -0.2) is 9.97 Å². The molecule has 3 aromatic heterocycles. The van der Waals surface area contributed by atoms with E-state index in [0.717, 1.165) is 48.4 Å². The summed E-state index contributed by atoms with van der Waals surface area (Å²) in [5.74, 6) is 2.78. The number of rotatable bonds is 3. The van der Waals surface area contributed by atoms with Crippen LogP contribution in [0.3, 0.4) is 0 Å². The third kappa shape index (κ3) is 2.50. The van der Waals surface area contributed by atoms with Gasteiger partial charge in [0, 0.05) is 31.6 Å². The minimum Gasteiger partial charge on any atom is -0.345 e. The molecule has 1 saturated carbocycles. The number of hydrogen-bond donors (Lipinski definition) is 1. The first-order valence-corrected chi connectivity index (χ1v) is 9.78. The van der Waals surface area contributed by atoms with Gasteiger partial charge in [-0.15, -0.1) is 0 Å². The van der Waals surface area contributed by atoms with Crippen molar-refractivity contribution in [1.29, 1.82) is 0 Å². The van der Waals surface area contributed by atoms with E-state index in [1.165, 1.54) is 19.3 Å². The predicted octanol–water partition coefficient (Wildman–Crippen LogP) is 3.35. The molecule has 6 heteroatoms. The number of carbonyl (C=O) groups is 1. The summed E-state index contributed by atoms with van der Waals surface area (Å²) >= 11 is 0. The Kier molecular flexibility index (Phi) is 3.72. The minimum atomic E-state index is 0.261. The van der Waals surface area contributed by atoms with Gasteiger partial charge in [-0.1, -0.05) is 13.3 Å².